The topological polar surface area (TPSA) is 49.3 Å². The van der Waals surface area contributed by atoms with Gasteiger partial charge in [-0.25, -0.2) is 0 Å². The summed E-state index contributed by atoms with van der Waals surface area (Å²) in [7, 11) is 0. The second-order valence-electron chi connectivity index (χ2n) is 3.51. The minimum absolute atomic E-state index is 0.0158. The van der Waals surface area contributed by atoms with E-state index in [-0.39, 0.29) is 17.7 Å². The largest absolute Gasteiger partial charge is 0.507 e. The van der Waals surface area contributed by atoms with E-state index in [1.807, 2.05) is 6.92 Å². The van der Waals surface area contributed by atoms with Gasteiger partial charge in [-0.05, 0) is 31.5 Å². The number of benzene rings is 1. The maximum atomic E-state index is 11.8. The van der Waals surface area contributed by atoms with Crippen LogP contribution in [0.4, 0.5) is 0 Å². The number of phenols is 1. The Balaban J connectivity index is 2.73. The molecule has 0 radical (unpaired) electrons. The Morgan fingerprint density at radius 2 is 2.25 bits per heavy atom. The van der Waals surface area contributed by atoms with E-state index in [2.05, 4.69) is 37.2 Å². The molecular formula is C11H13Br2NO2. The van der Waals surface area contributed by atoms with Crippen molar-refractivity contribution in [2.75, 3.05) is 5.33 Å². The predicted octanol–water partition coefficient (Wildman–Crippen LogP) is 3.06. The van der Waals surface area contributed by atoms with Crippen molar-refractivity contribution < 1.29 is 9.90 Å². The van der Waals surface area contributed by atoms with Gasteiger partial charge in [0.15, 0.2) is 0 Å². The van der Waals surface area contributed by atoms with Crippen LogP contribution in [0.3, 0.4) is 0 Å². The molecule has 3 nitrogen and oxygen atoms in total. The number of halogens is 2. The van der Waals surface area contributed by atoms with Crippen LogP contribution in [0.5, 0.6) is 5.75 Å². The molecule has 1 amide bonds. The van der Waals surface area contributed by atoms with Crippen molar-refractivity contribution in [3.05, 3.63) is 28.2 Å². The molecule has 5 heteroatoms. The molecule has 2 N–H and O–H groups in total. The van der Waals surface area contributed by atoms with Crippen LogP contribution in [-0.4, -0.2) is 22.4 Å². The van der Waals surface area contributed by atoms with Crippen LogP contribution in [-0.2, 0) is 0 Å². The summed E-state index contributed by atoms with van der Waals surface area (Å²) in [5.74, 6) is -0.267. The normalized spacial score (nSPS) is 12.2. The molecule has 88 valence electrons. The monoisotopic (exact) mass is 349 g/mol. The van der Waals surface area contributed by atoms with Crippen LogP contribution in [0.2, 0.25) is 0 Å². The molecule has 0 spiro atoms. The molecular weight excluding hydrogens is 338 g/mol. The predicted molar refractivity (Wildman–Crippen MR) is 71.1 cm³/mol. The maximum Gasteiger partial charge on any atom is 0.255 e. The van der Waals surface area contributed by atoms with Gasteiger partial charge in [0.2, 0.25) is 0 Å². The van der Waals surface area contributed by atoms with Gasteiger partial charge in [0, 0.05) is 15.8 Å². The molecule has 0 heterocycles. The van der Waals surface area contributed by atoms with Crippen molar-refractivity contribution in [1.29, 1.82) is 0 Å². The molecule has 0 fully saturated rings. The van der Waals surface area contributed by atoms with Crippen molar-refractivity contribution in [1.82, 2.24) is 5.32 Å². The zero-order valence-corrected chi connectivity index (χ0v) is 12.0. The molecule has 1 rings (SSSR count). The van der Waals surface area contributed by atoms with Crippen LogP contribution in [0.25, 0.3) is 0 Å². The number of nitrogens with one attached hydrogen (secondary N) is 1. The van der Waals surface area contributed by atoms with Crippen LogP contribution in [0.15, 0.2) is 22.7 Å². The van der Waals surface area contributed by atoms with Gasteiger partial charge >= 0.3 is 0 Å². The molecule has 0 aromatic heterocycles. The van der Waals surface area contributed by atoms with Crippen LogP contribution >= 0.6 is 31.9 Å². The van der Waals surface area contributed by atoms with E-state index in [0.29, 0.717) is 5.56 Å². The van der Waals surface area contributed by atoms with Gasteiger partial charge in [0.25, 0.3) is 5.91 Å². The van der Waals surface area contributed by atoms with Crippen molar-refractivity contribution in [3.8, 4) is 5.75 Å². The molecule has 0 saturated heterocycles. The highest BCUT2D eigenvalue weighted by molar-refractivity contribution is 9.10. The quantitative estimate of drug-likeness (QED) is 0.820. The van der Waals surface area contributed by atoms with Crippen molar-refractivity contribution in [3.63, 3.8) is 0 Å². The van der Waals surface area contributed by atoms with Crippen LogP contribution < -0.4 is 5.32 Å². The van der Waals surface area contributed by atoms with Crippen molar-refractivity contribution in [2.24, 2.45) is 0 Å². The highest BCUT2D eigenvalue weighted by atomic mass is 79.9. The number of carbonyl (C=O) groups excluding carboxylic acids is 1. The lowest BCUT2D eigenvalue weighted by atomic mass is 10.1. The zero-order valence-electron chi connectivity index (χ0n) is 8.84. The minimum Gasteiger partial charge on any atom is -0.507 e. The molecule has 0 aliphatic heterocycles. The first kappa shape index (κ1) is 13.5. The van der Waals surface area contributed by atoms with Crippen molar-refractivity contribution >= 4 is 37.8 Å². The van der Waals surface area contributed by atoms with Gasteiger partial charge < -0.3 is 10.4 Å². The first-order chi connectivity index (χ1) is 7.54. The number of rotatable bonds is 4. The Labute approximate surface area is 111 Å². The third kappa shape index (κ3) is 3.79. The number of carbonyl (C=O) groups is 1. The first-order valence-electron chi connectivity index (χ1n) is 4.90. The molecule has 0 aliphatic carbocycles. The fraction of sp³-hybridized carbons (Fsp3) is 0.364. The Morgan fingerprint density at radius 1 is 1.56 bits per heavy atom. The number of phenolic OH excluding ortho intramolecular Hbond substituents is 1. The fourth-order valence-electron chi connectivity index (χ4n) is 1.23. The van der Waals surface area contributed by atoms with Crippen LogP contribution in [0.1, 0.15) is 23.7 Å². The second-order valence-corrected chi connectivity index (χ2v) is 5.22. The molecule has 0 aliphatic rings. The van der Waals surface area contributed by atoms with E-state index < -0.39 is 0 Å². The third-order valence-electron chi connectivity index (χ3n) is 2.12. The Hall–Kier alpha value is -0.550. The van der Waals surface area contributed by atoms with Crippen molar-refractivity contribution in [2.45, 2.75) is 19.4 Å². The molecule has 1 aromatic carbocycles. The summed E-state index contributed by atoms with van der Waals surface area (Å²) in [6.45, 7) is 1.93. The first-order valence-corrected chi connectivity index (χ1v) is 6.81. The highest BCUT2D eigenvalue weighted by Gasteiger charge is 2.13. The van der Waals surface area contributed by atoms with E-state index in [0.717, 1.165) is 16.2 Å². The number of amides is 1. The summed E-state index contributed by atoms with van der Waals surface area (Å²) in [6, 6.07) is 4.90. The SMILES string of the molecule is CC(CCBr)NC(=O)c1ccc(Br)cc1O. The lowest BCUT2D eigenvalue weighted by Gasteiger charge is -2.13. The maximum absolute atomic E-state index is 11.8. The molecule has 1 unspecified atom stereocenters. The van der Waals surface area contributed by atoms with Gasteiger partial charge in [-0.1, -0.05) is 31.9 Å². The molecule has 16 heavy (non-hydrogen) atoms. The molecule has 1 atom stereocenters. The summed E-state index contributed by atoms with van der Waals surface area (Å²) in [4.78, 5) is 11.8. The summed E-state index contributed by atoms with van der Waals surface area (Å²) in [5.41, 5.74) is 0.296. The number of alkyl halides is 1. The lowest BCUT2D eigenvalue weighted by Crippen LogP contribution is -2.32. The van der Waals surface area contributed by atoms with Crippen LogP contribution in [0, 0.1) is 0 Å². The number of aromatic hydroxyl groups is 1. The smallest absolute Gasteiger partial charge is 0.255 e. The Kier molecular flexibility index (Phi) is 5.28. The summed E-state index contributed by atoms with van der Waals surface area (Å²) >= 11 is 6.54. The standard InChI is InChI=1S/C11H13Br2NO2/c1-7(4-5-12)14-11(16)9-3-2-8(13)6-10(9)15/h2-3,6-7,15H,4-5H2,1H3,(H,14,16). The Morgan fingerprint density at radius 3 is 2.81 bits per heavy atom. The number of hydrogen-bond acceptors (Lipinski definition) is 2. The molecule has 0 bridgehead atoms. The van der Waals surface area contributed by atoms with E-state index >= 15 is 0 Å². The fourth-order valence-corrected chi connectivity index (χ4v) is 2.27. The van der Waals surface area contributed by atoms with E-state index in [1.165, 1.54) is 6.07 Å². The highest BCUT2D eigenvalue weighted by Crippen LogP contribution is 2.22. The van der Waals surface area contributed by atoms with Gasteiger partial charge in [-0.15, -0.1) is 0 Å². The average molecular weight is 351 g/mol. The Bertz CT molecular complexity index is 382. The van der Waals surface area contributed by atoms with E-state index in [4.69, 9.17) is 0 Å². The number of hydrogen-bond donors (Lipinski definition) is 2. The summed E-state index contributed by atoms with van der Waals surface area (Å²) < 4.78 is 0.745. The van der Waals surface area contributed by atoms with Gasteiger partial charge in [-0.2, -0.15) is 0 Å². The molecule has 0 saturated carbocycles. The summed E-state index contributed by atoms with van der Waals surface area (Å²) in [5, 5.41) is 13.3. The minimum atomic E-state index is -0.251. The second kappa shape index (κ2) is 6.25. The van der Waals surface area contributed by atoms with E-state index in [1.54, 1.807) is 12.1 Å². The third-order valence-corrected chi connectivity index (χ3v) is 3.08. The van der Waals surface area contributed by atoms with Gasteiger partial charge in [-0.3, -0.25) is 4.79 Å². The average Bonchev–Trinajstić information content (AvgIpc) is 2.17. The van der Waals surface area contributed by atoms with Gasteiger partial charge in [0.05, 0.1) is 5.56 Å². The van der Waals surface area contributed by atoms with Gasteiger partial charge in [0.1, 0.15) is 5.75 Å². The summed E-state index contributed by atoms with van der Waals surface area (Å²) in [6.07, 6.45) is 0.850. The zero-order chi connectivity index (χ0) is 12.1. The lowest BCUT2D eigenvalue weighted by molar-refractivity contribution is 0.0937. The van der Waals surface area contributed by atoms with E-state index in [9.17, 15) is 9.90 Å². The molecule has 1 aromatic rings.